The Morgan fingerprint density at radius 1 is 1.00 bits per heavy atom. The second kappa shape index (κ2) is 8.31. The van der Waals surface area contributed by atoms with Crippen LogP contribution >= 0.6 is 12.4 Å². The SMILES string of the molecule is CN(C)[C@H]1CCc2ccccc2[C@@H](Oc2ccc(C(F)(F)F)cc2)C1.Cl. The Bertz CT molecular complexity index is 716. The Labute approximate surface area is 158 Å². The zero-order chi connectivity index (χ0) is 18.0. The molecular formula is C20H23ClF3NO. The molecule has 2 nitrogen and oxygen atoms in total. The van der Waals surface area contributed by atoms with Gasteiger partial charge in [-0.25, -0.2) is 0 Å². The Kier molecular flexibility index (Phi) is 6.58. The van der Waals surface area contributed by atoms with E-state index in [1.165, 1.54) is 17.7 Å². The molecule has 0 amide bonds. The quantitative estimate of drug-likeness (QED) is 0.645. The minimum absolute atomic E-state index is 0. The van der Waals surface area contributed by atoms with Crippen molar-refractivity contribution < 1.29 is 17.9 Å². The van der Waals surface area contributed by atoms with Gasteiger partial charge in [0.25, 0.3) is 0 Å². The molecule has 0 N–H and O–H groups in total. The van der Waals surface area contributed by atoms with Gasteiger partial charge in [0.05, 0.1) is 5.56 Å². The van der Waals surface area contributed by atoms with E-state index in [9.17, 15) is 13.2 Å². The molecule has 0 aliphatic heterocycles. The summed E-state index contributed by atoms with van der Waals surface area (Å²) in [5.74, 6) is 0.465. The molecule has 26 heavy (non-hydrogen) atoms. The summed E-state index contributed by atoms with van der Waals surface area (Å²) < 4.78 is 44.3. The molecule has 0 radical (unpaired) electrons. The normalized spacial score (nSPS) is 20.1. The minimum atomic E-state index is -4.33. The number of rotatable bonds is 3. The smallest absolute Gasteiger partial charge is 0.416 e. The fourth-order valence-electron chi connectivity index (χ4n) is 3.36. The number of aryl methyl sites for hydroxylation is 1. The lowest BCUT2D eigenvalue weighted by Crippen LogP contribution is -2.30. The van der Waals surface area contributed by atoms with Crippen LogP contribution in [-0.4, -0.2) is 25.0 Å². The van der Waals surface area contributed by atoms with Crippen LogP contribution in [-0.2, 0) is 12.6 Å². The third-order valence-electron chi connectivity index (χ3n) is 4.83. The van der Waals surface area contributed by atoms with Crippen LogP contribution in [0.15, 0.2) is 48.5 Å². The Morgan fingerprint density at radius 3 is 2.27 bits per heavy atom. The second-order valence-corrected chi connectivity index (χ2v) is 6.72. The molecule has 0 saturated heterocycles. The van der Waals surface area contributed by atoms with Crippen LogP contribution in [0, 0.1) is 0 Å². The van der Waals surface area contributed by atoms with Crippen molar-refractivity contribution in [2.24, 2.45) is 0 Å². The van der Waals surface area contributed by atoms with E-state index in [-0.39, 0.29) is 18.5 Å². The van der Waals surface area contributed by atoms with Gasteiger partial charge in [0.1, 0.15) is 11.9 Å². The van der Waals surface area contributed by atoms with Crippen LogP contribution in [0.5, 0.6) is 5.75 Å². The lowest BCUT2D eigenvalue weighted by atomic mass is 10.0. The van der Waals surface area contributed by atoms with Crippen LogP contribution in [0.4, 0.5) is 13.2 Å². The zero-order valence-corrected chi connectivity index (χ0v) is 15.6. The van der Waals surface area contributed by atoms with Gasteiger partial charge in [0, 0.05) is 12.5 Å². The van der Waals surface area contributed by atoms with E-state index >= 15 is 0 Å². The van der Waals surface area contributed by atoms with E-state index in [0.717, 1.165) is 37.0 Å². The number of halogens is 4. The molecular weight excluding hydrogens is 363 g/mol. The van der Waals surface area contributed by atoms with Crippen LogP contribution in [0.3, 0.4) is 0 Å². The number of alkyl halides is 3. The number of hydrogen-bond acceptors (Lipinski definition) is 2. The molecule has 0 heterocycles. The Morgan fingerprint density at radius 2 is 1.65 bits per heavy atom. The van der Waals surface area contributed by atoms with Gasteiger partial charge >= 0.3 is 6.18 Å². The standard InChI is InChI=1S/C20H22F3NO.ClH/c1-24(2)16-10-7-14-5-3-4-6-18(14)19(13-16)25-17-11-8-15(9-12-17)20(21,22)23;/h3-6,8-9,11-12,16,19H,7,10,13H2,1-2H3;1H/t16-,19-;/m0./s1. The van der Waals surface area contributed by atoms with Gasteiger partial charge in [-0.1, -0.05) is 24.3 Å². The maximum Gasteiger partial charge on any atom is 0.416 e. The van der Waals surface area contributed by atoms with Gasteiger partial charge in [0.15, 0.2) is 0 Å². The van der Waals surface area contributed by atoms with Crippen LogP contribution in [0.25, 0.3) is 0 Å². The first-order valence-electron chi connectivity index (χ1n) is 8.43. The van der Waals surface area contributed by atoms with E-state index in [1.54, 1.807) is 0 Å². The van der Waals surface area contributed by atoms with Crippen molar-refractivity contribution in [3.63, 3.8) is 0 Å². The third-order valence-corrected chi connectivity index (χ3v) is 4.83. The molecule has 0 aromatic heterocycles. The number of ether oxygens (including phenoxy) is 1. The van der Waals surface area contributed by atoms with Crippen molar-refractivity contribution in [2.45, 2.75) is 37.6 Å². The van der Waals surface area contributed by atoms with E-state index < -0.39 is 11.7 Å². The fourth-order valence-corrected chi connectivity index (χ4v) is 3.36. The van der Waals surface area contributed by atoms with Crippen molar-refractivity contribution in [3.8, 4) is 5.75 Å². The van der Waals surface area contributed by atoms with Crippen LogP contribution in [0.2, 0.25) is 0 Å². The first kappa shape index (κ1) is 20.6. The highest BCUT2D eigenvalue weighted by molar-refractivity contribution is 5.85. The van der Waals surface area contributed by atoms with Gasteiger partial charge < -0.3 is 9.64 Å². The van der Waals surface area contributed by atoms with Crippen molar-refractivity contribution in [1.29, 1.82) is 0 Å². The predicted molar refractivity (Wildman–Crippen MR) is 98.9 cm³/mol. The topological polar surface area (TPSA) is 12.5 Å². The molecule has 0 saturated carbocycles. The van der Waals surface area contributed by atoms with Crippen molar-refractivity contribution in [1.82, 2.24) is 4.90 Å². The number of benzene rings is 2. The van der Waals surface area contributed by atoms with E-state index in [4.69, 9.17) is 4.74 Å². The minimum Gasteiger partial charge on any atom is -0.486 e. The highest BCUT2D eigenvalue weighted by Gasteiger charge is 2.31. The number of fused-ring (bicyclic) bond motifs is 1. The summed E-state index contributed by atoms with van der Waals surface area (Å²) in [6.07, 6.45) is -1.67. The van der Waals surface area contributed by atoms with Crippen molar-refractivity contribution in [2.75, 3.05) is 14.1 Å². The predicted octanol–water partition coefficient (Wildman–Crippen LogP) is 5.51. The van der Waals surface area contributed by atoms with Crippen LogP contribution < -0.4 is 4.74 Å². The molecule has 2 atom stereocenters. The van der Waals surface area contributed by atoms with Crippen molar-refractivity contribution >= 4 is 12.4 Å². The largest absolute Gasteiger partial charge is 0.486 e. The zero-order valence-electron chi connectivity index (χ0n) is 14.8. The highest BCUT2D eigenvalue weighted by atomic mass is 35.5. The number of hydrogen-bond donors (Lipinski definition) is 0. The maximum absolute atomic E-state index is 12.7. The molecule has 6 heteroatoms. The summed E-state index contributed by atoms with van der Waals surface area (Å²) >= 11 is 0. The molecule has 0 bridgehead atoms. The summed E-state index contributed by atoms with van der Waals surface area (Å²) in [6.45, 7) is 0. The summed E-state index contributed by atoms with van der Waals surface area (Å²) in [7, 11) is 4.10. The molecule has 1 aliphatic carbocycles. The lowest BCUT2D eigenvalue weighted by molar-refractivity contribution is -0.137. The lowest BCUT2D eigenvalue weighted by Gasteiger charge is -2.27. The molecule has 3 rings (SSSR count). The monoisotopic (exact) mass is 385 g/mol. The van der Waals surface area contributed by atoms with Gasteiger partial charge in [0.2, 0.25) is 0 Å². The average molecular weight is 386 g/mol. The van der Waals surface area contributed by atoms with Gasteiger partial charge in [-0.2, -0.15) is 13.2 Å². The summed E-state index contributed by atoms with van der Waals surface area (Å²) in [4.78, 5) is 2.19. The maximum atomic E-state index is 12.7. The van der Waals surface area contributed by atoms with E-state index in [0.29, 0.717) is 11.8 Å². The van der Waals surface area contributed by atoms with Gasteiger partial charge in [-0.05, 0) is 62.3 Å². The first-order valence-corrected chi connectivity index (χ1v) is 8.43. The molecule has 2 aromatic rings. The average Bonchev–Trinajstić information content (AvgIpc) is 2.75. The Balaban J connectivity index is 0.00000243. The molecule has 0 fully saturated rings. The fraction of sp³-hybridized carbons (Fsp3) is 0.400. The second-order valence-electron chi connectivity index (χ2n) is 6.72. The van der Waals surface area contributed by atoms with E-state index in [2.05, 4.69) is 31.1 Å². The molecule has 2 aromatic carbocycles. The molecule has 0 spiro atoms. The first-order chi connectivity index (χ1) is 11.8. The summed E-state index contributed by atoms with van der Waals surface area (Å²) in [5.41, 5.74) is 1.72. The van der Waals surface area contributed by atoms with Gasteiger partial charge in [-0.15, -0.1) is 12.4 Å². The summed E-state index contributed by atoms with van der Waals surface area (Å²) in [6, 6.07) is 13.5. The molecule has 1 aliphatic rings. The third kappa shape index (κ3) is 4.71. The highest BCUT2D eigenvalue weighted by Crippen LogP contribution is 2.35. The molecule has 0 unspecified atom stereocenters. The number of nitrogens with zero attached hydrogens (tertiary/aromatic N) is 1. The van der Waals surface area contributed by atoms with Gasteiger partial charge in [-0.3, -0.25) is 0 Å². The Hall–Kier alpha value is -1.72. The van der Waals surface area contributed by atoms with Crippen molar-refractivity contribution in [3.05, 3.63) is 65.2 Å². The van der Waals surface area contributed by atoms with E-state index in [1.807, 2.05) is 12.1 Å². The van der Waals surface area contributed by atoms with Crippen LogP contribution in [0.1, 0.15) is 35.6 Å². The molecule has 142 valence electrons. The summed E-state index contributed by atoms with van der Waals surface area (Å²) in [5, 5.41) is 0.